The summed E-state index contributed by atoms with van der Waals surface area (Å²) in [5.41, 5.74) is 5.66. The van der Waals surface area contributed by atoms with Gasteiger partial charge in [-0.25, -0.2) is 8.42 Å². The molecule has 2 heterocycles. The summed E-state index contributed by atoms with van der Waals surface area (Å²) in [6, 6.07) is 13.0. The molecule has 2 N–H and O–H groups in total. The lowest BCUT2D eigenvalue weighted by atomic mass is 10.0. The summed E-state index contributed by atoms with van der Waals surface area (Å²) < 4.78 is 27.7. The molecule has 4 rings (SSSR count). The van der Waals surface area contributed by atoms with Gasteiger partial charge in [0.1, 0.15) is 5.01 Å². The molecule has 1 aliphatic rings. The maximum absolute atomic E-state index is 13.1. The highest BCUT2D eigenvalue weighted by Gasteiger charge is 2.32. The first-order chi connectivity index (χ1) is 12.0. The average Bonchev–Trinajstić information content (AvgIpc) is 3.08. The molecule has 0 amide bonds. The van der Waals surface area contributed by atoms with Gasteiger partial charge in [-0.15, -0.1) is 10.2 Å². The van der Waals surface area contributed by atoms with Crippen LogP contribution in [0.5, 0.6) is 0 Å². The number of rotatable bonds is 3. The van der Waals surface area contributed by atoms with Crippen molar-refractivity contribution in [2.75, 3.05) is 18.8 Å². The van der Waals surface area contributed by atoms with E-state index < -0.39 is 10.0 Å². The lowest BCUT2D eigenvalue weighted by Crippen LogP contribution is -2.39. The van der Waals surface area contributed by atoms with Crippen molar-refractivity contribution in [3.63, 3.8) is 0 Å². The smallest absolute Gasteiger partial charge is 0.243 e. The highest BCUT2D eigenvalue weighted by molar-refractivity contribution is 7.89. The van der Waals surface area contributed by atoms with Gasteiger partial charge in [-0.3, -0.25) is 0 Å². The summed E-state index contributed by atoms with van der Waals surface area (Å²) in [6.07, 6.45) is 1.70. The molecule has 0 radical (unpaired) electrons. The van der Waals surface area contributed by atoms with Crippen LogP contribution in [-0.4, -0.2) is 36.0 Å². The quantitative estimate of drug-likeness (QED) is 0.761. The van der Waals surface area contributed by atoms with E-state index in [2.05, 4.69) is 10.2 Å². The third-order valence-corrected chi connectivity index (χ3v) is 7.32. The first-order valence-corrected chi connectivity index (χ1v) is 10.4. The van der Waals surface area contributed by atoms with Gasteiger partial charge < -0.3 is 5.73 Å². The minimum atomic E-state index is -3.53. The van der Waals surface area contributed by atoms with Gasteiger partial charge in [0, 0.05) is 19.0 Å². The van der Waals surface area contributed by atoms with E-state index in [1.54, 1.807) is 16.4 Å². The number of nitrogens with two attached hydrogens (primary N) is 1. The maximum atomic E-state index is 13.1. The summed E-state index contributed by atoms with van der Waals surface area (Å²) >= 11 is 1.34. The highest BCUT2D eigenvalue weighted by Crippen LogP contribution is 2.32. The largest absolute Gasteiger partial charge is 0.374 e. The Labute approximate surface area is 150 Å². The number of fused-ring (bicyclic) bond motifs is 1. The number of benzene rings is 2. The van der Waals surface area contributed by atoms with Crippen molar-refractivity contribution in [3.8, 4) is 0 Å². The number of piperidine rings is 1. The lowest BCUT2D eigenvalue weighted by molar-refractivity contribution is 0.314. The number of nitrogens with zero attached hydrogens (tertiary/aromatic N) is 3. The average molecular weight is 374 g/mol. The summed E-state index contributed by atoms with van der Waals surface area (Å²) in [6.45, 7) is 0.948. The van der Waals surface area contributed by atoms with E-state index >= 15 is 0 Å². The van der Waals surface area contributed by atoms with E-state index in [4.69, 9.17) is 5.73 Å². The van der Waals surface area contributed by atoms with Gasteiger partial charge in [-0.1, -0.05) is 41.7 Å². The Morgan fingerprint density at radius 3 is 2.68 bits per heavy atom. The van der Waals surface area contributed by atoms with Crippen molar-refractivity contribution >= 4 is 37.3 Å². The molecule has 1 aliphatic heterocycles. The minimum Gasteiger partial charge on any atom is -0.374 e. The van der Waals surface area contributed by atoms with Crippen LogP contribution in [0, 0.1) is 0 Å². The summed E-state index contributed by atoms with van der Waals surface area (Å²) in [5.74, 6) is 0.0544. The molecule has 1 atom stereocenters. The van der Waals surface area contributed by atoms with Crippen LogP contribution < -0.4 is 5.73 Å². The van der Waals surface area contributed by atoms with E-state index in [-0.39, 0.29) is 5.92 Å². The summed E-state index contributed by atoms with van der Waals surface area (Å²) in [5, 5.41) is 11.1. The van der Waals surface area contributed by atoms with Crippen LogP contribution in [0.2, 0.25) is 0 Å². The molecule has 0 spiro atoms. The third kappa shape index (κ3) is 3.12. The van der Waals surface area contributed by atoms with Crippen LogP contribution in [0.25, 0.3) is 10.8 Å². The molecule has 0 aliphatic carbocycles. The number of nitrogen functional groups attached to an aromatic ring is 1. The zero-order valence-corrected chi connectivity index (χ0v) is 15.1. The fourth-order valence-electron chi connectivity index (χ4n) is 3.25. The van der Waals surface area contributed by atoms with Crippen molar-refractivity contribution < 1.29 is 8.42 Å². The zero-order valence-electron chi connectivity index (χ0n) is 13.5. The topological polar surface area (TPSA) is 89.2 Å². The van der Waals surface area contributed by atoms with Crippen LogP contribution in [-0.2, 0) is 10.0 Å². The second-order valence-corrected chi connectivity index (χ2v) is 9.17. The van der Waals surface area contributed by atoms with E-state index in [0.717, 1.165) is 28.6 Å². The SMILES string of the molecule is Nc1nnc([C@H]2CCCN(S(=O)(=O)c3ccc4ccccc4c3)C2)s1. The Morgan fingerprint density at radius 1 is 1.12 bits per heavy atom. The number of hydrogen-bond donors (Lipinski definition) is 1. The fraction of sp³-hybridized carbons (Fsp3) is 0.294. The molecule has 3 aromatic rings. The summed E-state index contributed by atoms with van der Waals surface area (Å²) in [4.78, 5) is 0.337. The Hall–Kier alpha value is -2.03. The molecule has 1 aromatic heterocycles. The Morgan fingerprint density at radius 2 is 1.92 bits per heavy atom. The number of hydrogen-bond acceptors (Lipinski definition) is 6. The van der Waals surface area contributed by atoms with Crippen molar-refractivity contribution in [2.24, 2.45) is 0 Å². The van der Waals surface area contributed by atoms with Crippen molar-refractivity contribution in [2.45, 2.75) is 23.7 Å². The first-order valence-electron chi connectivity index (χ1n) is 8.12. The van der Waals surface area contributed by atoms with Gasteiger partial charge in [-0.05, 0) is 35.7 Å². The normalized spacial score (nSPS) is 19.3. The van der Waals surface area contributed by atoms with Crippen LogP contribution in [0.3, 0.4) is 0 Å². The molecule has 0 unspecified atom stereocenters. The van der Waals surface area contributed by atoms with Crippen LogP contribution in [0.1, 0.15) is 23.8 Å². The van der Waals surface area contributed by atoms with Gasteiger partial charge >= 0.3 is 0 Å². The molecule has 25 heavy (non-hydrogen) atoms. The van der Waals surface area contributed by atoms with E-state index in [1.165, 1.54) is 11.3 Å². The van der Waals surface area contributed by atoms with Crippen molar-refractivity contribution in [3.05, 3.63) is 47.5 Å². The van der Waals surface area contributed by atoms with Gasteiger partial charge in [0.25, 0.3) is 0 Å². The molecule has 0 saturated carbocycles. The fourth-order valence-corrected chi connectivity index (χ4v) is 5.55. The predicted octanol–water partition coefficient (Wildman–Crippen LogP) is 2.84. The molecular weight excluding hydrogens is 356 g/mol. The predicted molar refractivity (Wildman–Crippen MR) is 99.0 cm³/mol. The number of sulfonamides is 1. The van der Waals surface area contributed by atoms with Gasteiger partial charge in [0.05, 0.1) is 4.90 Å². The van der Waals surface area contributed by atoms with Crippen LogP contribution in [0.4, 0.5) is 5.13 Å². The molecule has 1 saturated heterocycles. The first kappa shape index (κ1) is 16.4. The maximum Gasteiger partial charge on any atom is 0.243 e. The number of aromatic nitrogens is 2. The third-order valence-electron chi connectivity index (χ3n) is 4.55. The van der Waals surface area contributed by atoms with Gasteiger partial charge in [0.15, 0.2) is 0 Å². The van der Waals surface area contributed by atoms with Crippen molar-refractivity contribution in [1.82, 2.24) is 14.5 Å². The lowest BCUT2D eigenvalue weighted by Gasteiger charge is -2.30. The molecule has 1 fully saturated rings. The van der Waals surface area contributed by atoms with Crippen LogP contribution in [0.15, 0.2) is 47.4 Å². The summed E-state index contributed by atoms with van der Waals surface area (Å²) in [7, 11) is -3.53. The minimum absolute atomic E-state index is 0.0544. The standard InChI is InChI=1S/C17H18N4O2S2/c18-17-20-19-16(24-17)14-6-3-9-21(11-14)25(22,23)15-8-7-12-4-1-2-5-13(12)10-15/h1-2,4-5,7-8,10,14H,3,6,9,11H2,(H2,18,20)/t14-/m0/s1. The molecule has 130 valence electrons. The number of anilines is 1. The van der Waals surface area contributed by atoms with Crippen molar-refractivity contribution in [1.29, 1.82) is 0 Å². The zero-order chi connectivity index (χ0) is 17.4. The Balaban J connectivity index is 1.64. The molecular formula is C17H18N4O2S2. The molecule has 6 nitrogen and oxygen atoms in total. The van der Waals surface area contributed by atoms with E-state index in [1.807, 2.05) is 30.3 Å². The monoisotopic (exact) mass is 374 g/mol. The second-order valence-electron chi connectivity index (χ2n) is 6.19. The second kappa shape index (κ2) is 6.36. The van der Waals surface area contributed by atoms with Gasteiger partial charge in [0.2, 0.25) is 15.2 Å². The molecule has 2 aromatic carbocycles. The Kier molecular flexibility index (Phi) is 4.18. The van der Waals surface area contributed by atoms with E-state index in [9.17, 15) is 8.42 Å². The van der Waals surface area contributed by atoms with Gasteiger partial charge in [-0.2, -0.15) is 4.31 Å². The highest BCUT2D eigenvalue weighted by atomic mass is 32.2. The van der Waals surface area contributed by atoms with Crippen LogP contribution >= 0.6 is 11.3 Å². The van der Waals surface area contributed by atoms with E-state index in [0.29, 0.717) is 23.1 Å². The molecule has 8 heteroatoms. The molecule has 0 bridgehead atoms. The Bertz CT molecular complexity index is 1020.